The van der Waals surface area contributed by atoms with Crippen LogP contribution in [0.15, 0.2) is 53.1 Å². The van der Waals surface area contributed by atoms with Gasteiger partial charge in [-0.1, -0.05) is 53.0 Å². The largest absolute Gasteiger partial charge is 0.466 e. The zero-order valence-corrected chi connectivity index (χ0v) is 12.3. The summed E-state index contributed by atoms with van der Waals surface area (Å²) in [5.41, 5.74) is 0. The number of hydrogen-bond acceptors (Lipinski definition) is 3. The quantitative estimate of drug-likeness (QED) is 0.684. The summed E-state index contributed by atoms with van der Waals surface area (Å²) in [5.74, 6) is 0.0201. The number of nitrogens with one attached hydrogen (secondary N) is 1. The van der Waals surface area contributed by atoms with Crippen LogP contribution in [0.3, 0.4) is 0 Å². The van der Waals surface area contributed by atoms with Crippen LogP contribution < -0.4 is 10.1 Å². The van der Waals surface area contributed by atoms with Crippen LogP contribution in [-0.4, -0.2) is 15.9 Å². The lowest BCUT2D eigenvalue weighted by Gasteiger charge is -2.25. The lowest BCUT2D eigenvalue weighted by atomic mass is 10.3. The Balaban J connectivity index is 2.11. The second-order valence-electron chi connectivity index (χ2n) is 3.80. The number of benzene rings is 1. The molecule has 0 aliphatic carbocycles. The van der Waals surface area contributed by atoms with Gasteiger partial charge in [-0.2, -0.15) is 0 Å². The molecule has 0 bridgehead atoms. The Morgan fingerprint density at radius 2 is 1.85 bits per heavy atom. The monoisotopic (exact) mass is 333 g/mol. The van der Waals surface area contributed by atoms with Gasteiger partial charge < -0.3 is 14.5 Å². The van der Waals surface area contributed by atoms with Crippen LogP contribution in [0, 0.1) is 0 Å². The molecule has 2 aromatic rings. The second-order valence-corrected chi connectivity index (χ2v) is 6.17. The molecule has 0 unspecified atom stereocenters. The van der Waals surface area contributed by atoms with E-state index in [9.17, 15) is 4.79 Å². The van der Waals surface area contributed by atoms with E-state index in [0.717, 1.165) is 0 Å². The minimum absolute atomic E-state index is 0.0981. The average molecular weight is 335 g/mol. The van der Waals surface area contributed by atoms with E-state index in [2.05, 4.69) is 5.32 Å². The van der Waals surface area contributed by atoms with Gasteiger partial charge in [0.1, 0.15) is 5.75 Å². The predicted molar refractivity (Wildman–Crippen MR) is 77.3 cm³/mol. The molecule has 1 amide bonds. The maximum absolute atomic E-state index is 11.9. The van der Waals surface area contributed by atoms with Gasteiger partial charge in [0.05, 0.1) is 6.26 Å². The SMILES string of the molecule is O=C(N[C@@H](Oc1ccccc1)C(Cl)(Cl)Cl)c1ccco1. The van der Waals surface area contributed by atoms with E-state index in [-0.39, 0.29) is 5.76 Å². The Bertz CT molecular complexity index is 552. The number of halogens is 3. The molecule has 7 heteroatoms. The van der Waals surface area contributed by atoms with Crippen molar-refractivity contribution in [3.63, 3.8) is 0 Å². The van der Waals surface area contributed by atoms with Crippen molar-refractivity contribution < 1.29 is 13.9 Å². The van der Waals surface area contributed by atoms with Gasteiger partial charge in [-0.05, 0) is 24.3 Å². The first-order valence-electron chi connectivity index (χ1n) is 5.59. The van der Waals surface area contributed by atoms with Gasteiger partial charge in [0, 0.05) is 0 Å². The maximum atomic E-state index is 11.9. The highest BCUT2D eigenvalue weighted by atomic mass is 35.6. The molecule has 4 nitrogen and oxygen atoms in total. The number of furan rings is 1. The van der Waals surface area contributed by atoms with E-state index in [1.54, 1.807) is 30.3 Å². The van der Waals surface area contributed by atoms with Crippen LogP contribution in [0.5, 0.6) is 5.75 Å². The predicted octanol–water partition coefficient (Wildman–Crippen LogP) is 3.78. The summed E-state index contributed by atoms with van der Waals surface area (Å²) >= 11 is 17.4. The third-order valence-corrected chi connectivity index (χ3v) is 2.90. The van der Waals surface area contributed by atoms with Crippen molar-refractivity contribution in [2.75, 3.05) is 0 Å². The third-order valence-electron chi connectivity index (χ3n) is 2.30. The van der Waals surface area contributed by atoms with Crippen molar-refractivity contribution in [3.8, 4) is 5.75 Å². The smallest absolute Gasteiger partial charge is 0.289 e. The molecule has 0 fully saturated rings. The fourth-order valence-electron chi connectivity index (χ4n) is 1.41. The fourth-order valence-corrected chi connectivity index (χ4v) is 1.71. The summed E-state index contributed by atoms with van der Waals surface area (Å²) in [6, 6.07) is 11.8. The molecule has 0 aliphatic rings. The zero-order valence-electron chi connectivity index (χ0n) is 10.1. The summed E-state index contributed by atoms with van der Waals surface area (Å²) < 4.78 is 8.61. The topological polar surface area (TPSA) is 51.5 Å². The molecule has 1 aromatic carbocycles. The number of rotatable bonds is 4. The Hall–Kier alpha value is -1.36. The molecule has 0 spiro atoms. The third kappa shape index (κ3) is 4.07. The number of alkyl halides is 3. The lowest BCUT2D eigenvalue weighted by molar-refractivity contribution is 0.0805. The van der Waals surface area contributed by atoms with E-state index in [0.29, 0.717) is 5.75 Å². The number of ether oxygens (including phenoxy) is 1. The first-order chi connectivity index (χ1) is 9.47. The van der Waals surface area contributed by atoms with Crippen molar-refractivity contribution in [1.29, 1.82) is 0 Å². The molecular formula is C13H10Cl3NO3. The number of carbonyl (C=O) groups is 1. The number of para-hydroxylation sites is 1. The second kappa shape index (κ2) is 6.39. The van der Waals surface area contributed by atoms with Crippen LogP contribution >= 0.6 is 34.8 Å². The number of carbonyl (C=O) groups excluding carboxylic acids is 1. The molecule has 0 radical (unpaired) electrons. The number of hydrogen-bond donors (Lipinski definition) is 1. The summed E-state index contributed by atoms with van der Waals surface area (Å²) in [7, 11) is 0. The minimum atomic E-state index is -1.84. The van der Waals surface area contributed by atoms with Gasteiger partial charge in [-0.15, -0.1) is 0 Å². The molecule has 1 heterocycles. The van der Waals surface area contributed by atoms with E-state index >= 15 is 0 Å². The van der Waals surface area contributed by atoms with Gasteiger partial charge in [0.15, 0.2) is 5.76 Å². The Kier molecular flexibility index (Phi) is 4.81. The molecule has 1 N–H and O–H groups in total. The minimum Gasteiger partial charge on any atom is -0.466 e. The standard InChI is InChI=1S/C13H10Cl3NO3/c14-13(15,16)12(20-9-5-2-1-3-6-9)17-11(18)10-7-4-8-19-10/h1-8,12H,(H,17,18)/t12-/m0/s1. The molecule has 2 rings (SSSR count). The summed E-state index contributed by atoms with van der Waals surface area (Å²) in [4.78, 5) is 11.9. The van der Waals surface area contributed by atoms with Crippen molar-refractivity contribution in [2.24, 2.45) is 0 Å². The molecule has 1 atom stereocenters. The Morgan fingerprint density at radius 1 is 1.15 bits per heavy atom. The van der Waals surface area contributed by atoms with Crippen molar-refractivity contribution in [1.82, 2.24) is 5.32 Å². The molecule has 20 heavy (non-hydrogen) atoms. The molecule has 0 saturated heterocycles. The zero-order chi connectivity index (χ0) is 14.6. The highest BCUT2D eigenvalue weighted by Crippen LogP contribution is 2.32. The van der Waals surface area contributed by atoms with Crippen molar-refractivity contribution in [2.45, 2.75) is 10.0 Å². The van der Waals surface area contributed by atoms with Gasteiger partial charge in [-0.3, -0.25) is 4.79 Å². The van der Waals surface area contributed by atoms with Crippen molar-refractivity contribution >= 4 is 40.7 Å². The lowest BCUT2D eigenvalue weighted by Crippen LogP contribution is -2.47. The van der Waals surface area contributed by atoms with E-state index in [4.69, 9.17) is 44.0 Å². The van der Waals surface area contributed by atoms with E-state index in [1.165, 1.54) is 12.3 Å². The summed E-state index contributed by atoms with van der Waals surface area (Å²) in [6.45, 7) is 0. The van der Waals surface area contributed by atoms with Crippen molar-refractivity contribution in [3.05, 3.63) is 54.5 Å². The highest BCUT2D eigenvalue weighted by molar-refractivity contribution is 6.68. The van der Waals surface area contributed by atoms with Crippen LogP contribution in [0.25, 0.3) is 0 Å². The van der Waals surface area contributed by atoms with Crippen LogP contribution in [0.1, 0.15) is 10.6 Å². The normalized spacial score (nSPS) is 12.8. The van der Waals surface area contributed by atoms with Crippen LogP contribution in [0.4, 0.5) is 0 Å². The number of amides is 1. The molecule has 0 saturated carbocycles. The van der Waals surface area contributed by atoms with E-state index in [1.807, 2.05) is 6.07 Å². The van der Waals surface area contributed by atoms with Gasteiger partial charge in [0.25, 0.3) is 5.91 Å². The molecule has 106 valence electrons. The van der Waals surface area contributed by atoms with Gasteiger partial charge >= 0.3 is 0 Å². The van der Waals surface area contributed by atoms with Crippen LogP contribution in [0.2, 0.25) is 0 Å². The summed E-state index contributed by atoms with van der Waals surface area (Å²) in [5, 5.41) is 2.46. The Morgan fingerprint density at radius 3 is 2.40 bits per heavy atom. The Labute approximate surface area is 130 Å². The maximum Gasteiger partial charge on any atom is 0.289 e. The average Bonchev–Trinajstić information content (AvgIpc) is 2.92. The molecule has 0 aliphatic heterocycles. The van der Waals surface area contributed by atoms with Gasteiger partial charge in [-0.25, -0.2) is 0 Å². The molecular weight excluding hydrogens is 325 g/mol. The summed E-state index contributed by atoms with van der Waals surface area (Å²) in [6.07, 6.45) is 0.213. The first-order valence-corrected chi connectivity index (χ1v) is 6.73. The first kappa shape index (κ1) is 15.0. The van der Waals surface area contributed by atoms with E-state index < -0.39 is 15.9 Å². The fraction of sp³-hybridized carbons (Fsp3) is 0.154. The molecule has 1 aromatic heterocycles. The van der Waals surface area contributed by atoms with Gasteiger partial charge in [0.2, 0.25) is 10.0 Å². The highest BCUT2D eigenvalue weighted by Gasteiger charge is 2.36. The van der Waals surface area contributed by atoms with Crippen LogP contribution in [-0.2, 0) is 0 Å².